The summed E-state index contributed by atoms with van der Waals surface area (Å²) in [6.45, 7) is 0.488. The van der Waals surface area contributed by atoms with E-state index in [0.717, 1.165) is 11.3 Å². The molecule has 0 aliphatic carbocycles. The molecule has 0 aromatic heterocycles. The van der Waals surface area contributed by atoms with E-state index in [2.05, 4.69) is 5.32 Å². The number of benzene rings is 2. The van der Waals surface area contributed by atoms with Gasteiger partial charge in [-0.25, -0.2) is 13.6 Å². The molecule has 0 fully saturated rings. The summed E-state index contributed by atoms with van der Waals surface area (Å²) >= 11 is 0. The standard InChI is InChI=1S/C14H17N3O3S/c1-20-9-10-3-2-4-11(7-10)17-14-8-12(21(16,18)19)5-6-13(14)15/h2-8,17H,9,15H2,1H3,(H2,16,18,19). The summed E-state index contributed by atoms with van der Waals surface area (Å²) in [5.41, 5.74) is 8.54. The first kappa shape index (κ1) is 15.3. The van der Waals surface area contributed by atoms with Gasteiger partial charge in [0, 0.05) is 12.8 Å². The maximum absolute atomic E-state index is 11.4. The largest absolute Gasteiger partial charge is 0.397 e. The van der Waals surface area contributed by atoms with Crippen LogP contribution >= 0.6 is 0 Å². The molecule has 2 aromatic carbocycles. The van der Waals surface area contributed by atoms with Crippen molar-refractivity contribution in [2.24, 2.45) is 5.14 Å². The van der Waals surface area contributed by atoms with Gasteiger partial charge < -0.3 is 15.8 Å². The Balaban J connectivity index is 2.33. The third-order valence-electron chi connectivity index (χ3n) is 2.87. The summed E-state index contributed by atoms with van der Waals surface area (Å²) < 4.78 is 27.8. The molecule has 2 aromatic rings. The number of hydrogen-bond acceptors (Lipinski definition) is 5. The molecular formula is C14H17N3O3S. The topological polar surface area (TPSA) is 107 Å². The monoisotopic (exact) mass is 307 g/mol. The van der Waals surface area contributed by atoms with Crippen molar-refractivity contribution in [3.05, 3.63) is 48.0 Å². The van der Waals surface area contributed by atoms with E-state index in [4.69, 9.17) is 15.6 Å². The van der Waals surface area contributed by atoms with Crippen molar-refractivity contribution in [1.82, 2.24) is 0 Å². The van der Waals surface area contributed by atoms with Crippen LogP contribution in [-0.4, -0.2) is 15.5 Å². The molecule has 6 nitrogen and oxygen atoms in total. The number of nitrogens with two attached hydrogens (primary N) is 2. The summed E-state index contributed by atoms with van der Waals surface area (Å²) in [5.74, 6) is 0. The maximum Gasteiger partial charge on any atom is 0.238 e. The first-order valence-corrected chi connectivity index (χ1v) is 7.72. The Morgan fingerprint density at radius 1 is 1.19 bits per heavy atom. The van der Waals surface area contributed by atoms with E-state index in [1.54, 1.807) is 7.11 Å². The van der Waals surface area contributed by atoms with Crippen molar-refractivity contribution >= 4 is 27.1 Å². The van der Waals surface area contributed by atoms with Crippen molar-refractivity contribution in [3.63, 3.8) is 0 Å². The molecule has 5 N–H and O–H groups in total. The van der Waals surface area contributed by atoms with Gasteiger partial charge in [-0.05, 0) is 35.9 Å². The molecule has 0 heterocycles. The molecule has 0 spiro atoms. The van der Waals surface area contributed by atoms with Crippen LogP contribution in [0.5, 0.6) is 0 Å². The minimum Gasteiger partial charge on any atom is -0.397 e. The average Bonchev–Trinajstić information content (AvgIpc) is 2.41. The summed E-state index contributed by atoms with van der Waals surface area (Å²) in [6.07, 6.45) is 0. The molecular weight excluding hydrogens is 290 g/mol. The minimum absolute atomic E-state index is 0.00671. The Morgan fingerprint density at radius 2 is 1.95 bits per heavy atom. The second kappa shape index (κ2) is 6.13. The first-order valence-electron chi connectivity index (χ1n) is 6.17. The van der Waals surface area contributed by atoms with Gasteiger partial charge in [0.05, 0.1) is 22.9 Å². The summed E-state index contributed by atoms with van der Waals surface area (Å²) in [7, 11) is -2.15. The van der Waals surface area contributed by atoms with E-state index in [-0.39, 0.29) is 4.90 Å². The molecule has 0 unspecified atom stereocenters. The smallest absolute Gasteiger partial charge is 0.238 e. The minimum atomic E-state index is -3.77. The molecule has 0 atom stereocenters. The van der Waals surface area contributed by atoms with Crippen molar-refractivity contribution < 1.29 is 13.2 Å². The van der Waals surface area contributed by atoms with E-state index in [1.165, 1.54) is 18.2 Å². The predicted molar refractivity (Wildman–Crippen MR) is 82.7 cm³/mol. The third kappa shape index (κ3) is 3.94. The SMILES string of the molecule is COCc1cccc(Nc2cc(S(N)(=O)=O)ccc2N)c1. The second-order valence-electron chi connectivity index (χ2n) is 4.55. The number of hydrogen-bond donors (Lipinski definition) is 3. The lowest BCUT2D eigenvalue weighted by Gasteiger charge is -2.12. The van der Waals surface area contributed by atoms with Gasteiger partial charge in [-0.2, -0.15) is 0 Å². The van der Waals surface area contributed by atoms with E-state index in [0.29, 0.717) is 18.0 Å². The van der Waals surface area contributed by atoms with Crippen LogP contribution < -0.4 is 16.2 Å². The third-order valence-corrected chi connectivity index (χ3v) is 3.78. The molecule has 21 heavy (non-hydrogen) atoms. The lowest BCUT2D eigenvalue weighted by Crippen LogP contribution is -2.12. The molecule has 0 aliphatic heterocycles. The predicted octanol–water partition coefficient (Wildman–Crippen LogP) is 1.81. The molecule has 0 amide bonds. The van der Waals surface area contributed by atoms with Gasteiger partial charge in [-0.15, -0.1) is 0 Å². The van der Waals surface area contributed by atoms with E-state index in [1.807, 2.05) is 24.3 Å². The zero-order valence-electron chi connectivity index (χ0n) is 11.5. The lowest BCUT2D eigenvalue weighted by molar-refractivity contribution is 0.185. The number of methoxy groups -OCH3 is 1. The number of anilines is 3. The van der Waals surface area contributed by atoms with Gasteiger partial charge in [-0.1, -0.05) is 12.1 Å². The van der Waals surface area contributed by atoms with Crippen molar-refractivity contribution in [3.8, 4) is 0 Å². The lowest BCUT2D eigenvalue weighted by atomic mass is 10.2. The number of sulfonamides is 1. The van der Waals surface area contributed by atoms with Crippen LogP contribution in [0.4, 0.5) is 17.1 Å². The van der Waals surface area contributed by atoms with Crippen LogP contribution in [0.2, 0.25) is 0 Å². The Bertz CT molecular complexity index is 745. The second-order valence-corrected chi connectivity index (χ2v) is 6.11. The fourth-order valence-corrected chi connectivity index (χ4v) is 2.42. The van der Waals surface area contributed by atoms with Crippen LogP contribution in [0.1, 0.15) is 5.56 Å². The van der Waals surface area contributed by atoms with Crippen LogP contribution in [0.25, 0.3) is 0 Å². The van der Waals surface area contributed by atoms with E-state index < -0.39 is 10.0 Å². The van der Waals surface area contributed by atoms with Crippen LogP contribution in [0.15, 0.2) is 47.4 Å². The van der Waals surface area contributed by atoms with Crippen LogP contribution in [-0.2, 0) is 21.4 Å². The molecule has 2 rings (SSSR count). The molecule has 0 bridgehead atoms. The molecule has 0 saturated carbocycles. The van der Waals surface area contributed by atoms with E-state index >= 15 is 0 Å². The Morgan fingerprint density at radius 3 is 2.62 bits per heavy atom. The van der Waals surface area contributed by atoms with E-state index in [9.17, 15) is 8.42 Å². The number of ether oxygens (including phenoxy) is 1. The van der Waals surface area contributed by atoms with Crippen molar-refractivity contribution in [1.29, 1.82) is 0 Å². The molecule has 0 radical (unpaired) electrons. The zero-order valence-corrected chi connectivity index (χ0v) is 12.4. The molecule has 0 saturated heterocycles. The Kier molecular flexibility index (Phi) is 4.46. The van der Waals surface area contributed by atoms with Gasteiger partial charge >= 0.3 is 0 Å². The molecule has 0 aliphatic rings. The Hall–Kier alpha value is -2.09. The fraction of sp³-hybridized carbons (Fsp3) is 0.143. The van der Waals surface area contributed by atoms with Crippen molar-refractivity contribution in [2.45, 2.75) is 11.5 Å². The number of primary sulfonamides is 1. The summed E-state index contributed by atoms with van der Waals surface area (Å²) in [6, 6.07) is 11.8. The normalized spacial score (nSPS) is 11.3. The average molecular weight is 307 g/mol. The maximum atomic E-state index is 11.4. The highest BCUT2D eigenvalue weighted by atomic mass is 32.2. The zero-order chi connectivity index (χ0) is 15.5. The Labute approximate surface area is 123 Å². The van der Waals surface area contributed by atoms with Gasteiger partial charge in [0.15, 0.2) is 0 Å². The highest BCUT2D eigenvalue weighted by Gasteiger charge is 2.10. The number of rotatable bonds is 5. The summed E-state index contributed by atoms with van der Waals surface area (Å²) in [4.78, 5) is 0.00671. The number of nitrogen functional groups attached to an aromatic ring is 1. The quantitative estimate of drug-likeness (QED) is 0.730. The molecule has 112 valence electrons. The van der Waals surface area contributed by atoms with Gasteiger partial charge in [0.25, 0.3) is 0 Å². The number of nitrogens with one attached hydrogen (secondary N) is 1. The van der Waals surface area contributed by atoms with Crippen molar-refractivity contribution in [2.75, 3.05) is 18.2 Å². The summed E-state index contributed by atoms with van der Waals surface area (Å²) in [5, 5.41) is 8.20. The van der Waals surface area contributed by atoms with Gasteiger partial charge in [0.1, 0.15) is 0 Å². The highest BCUT2D eigenvalue weighted by molar-refractivity contribution is 7.89. The first-order chi connectivity index (χ1) is 9.90. The molecule has 7 heteroatoms. The van der Waals surface area contributed by atoms with Crippen LogP contribution in [0, 0.1) is 0 Å². The highest BCUT2D eigenvalue weighted by Crippen LogP contribution is 2.26. The fourth-order valence-electron chi connectivity index (χ4n) is 1.88. The van der Waals surface area contributed by atoms with Crippen LogP contribution in [0.3, 0.4) is 0 Å². The van der Waals surface area contributed by atoms with Gasteiger partial charge in [0.2, 0.25) is 10.0 Å². The van der Waals surface area contributed by atoms with Gasteiger partial charge in [-0.3, -0.25) is 0 Å².